The molecule has 5 rings (SSSR count). The Morgan fingerprint density at radius 3 is 2.63 bits per heavy atom. The highest BCUT2D eigenvalue weighted by atomic mass is 16.5. The molecule has 0 unspecified atom stereocenters. The van der Waals surface area contributed by atoms with Gasteiger partial charge in [-0.2, -0.15) is 0 Å². The number of aromatic amines is 1. The molecule has 0 bridgehead atoms. The van der Waals surface area contributed by atoms with E-state index in [9.17, 15) is 4.79 Å². The minimum absolute atomic E-state index is 0.242. The number of aryl methyl sites for hydroxylation is 3. The van der Waals surface area contributed by atoms with Crippen LogP contribution in [0.15, 0.2) is 38.2 Å². The third-order valence-corrected chi connectivity index (χ3v) is 5.22. The molecule has 0 atom stereocenters. The van der Waals surface area contributed by atoms with Crippen LogP contribution in [0.3, 0.4) is 0 Å². The molecule has 0 amide bonds. The second kappa shape index (κ2) is 6.58. The first kappa shape index (κ1) is 18.2. The number of nitrogens with one attached hydrogen (secondary N) is 1. The molecule has 0 fully saturated rings. The van der Waals surface area contributed by atoms with Gasteiger partial charge in [0.2, 0.25) is 0 Å². The molecule has 4 aromatic heterocycles. The summed E-state index contributed by atoms with van der Waals surface area (Å²) in [6.45, 7) is 5.84. The van der Waals surface area contributed by atoms with Gasteiger partial charge in [0, 0.05) is 17.0 Å². The fourth-order valence-corrected chi connectivity index (χ4v) is 3.91. The Balaban J connectivity index is 1.78. The average Bonchev–Trinajstić information content (AvgIpc) is 3.38. The van der Waals surface area contributed by atoms with Gasteiger partial charge in [-0.1, -0.05) is 10.3 Å². The number of rotatable bonds is 4. The zero-order chi connectivity index (χ0) is 21.0. The topological polar surface area (TPSA) is 112 Å². The number of hydrogen-bond acceptors (Lipinski definition) is 7. The van der Waals surface area contributed by atoms with Crippen molar-refractivity contribution >= 4 is 21.9 Å². The number of benzene rings is 1. The first-order valence-electron chi connectivity index (χ1n) is 9.41. The number of nitrogens with zero attached hydrogens (tertiary/aromatic N) is 4. The predicted octanol–water partition coefficient (Wildman–Crippen LogP) is 3.50. The van der Waals surface area contributed by atoms with Crippen molar-refractivity contribution in [3.8, 4) is 16.9 Å². The van der Waals surface area contributed by atoms with Crippen molar-refractivity contribution in [1.29, 1.82) is 0 Å². The van der Waals surface area contributed by atoms with E-state index in [1.165, 1.54) is 0 Å². The van der Waals surface area contributed by atoms with E-state index < -0.39 is 0 Å². The monoisotopic (exact) mass is 405 g/mol. The Labute approximate surface area is 170 Å². The zero-order valence-corrected chi connectivity index (χ0v) is 16.9. The van der Waals surface area contributed by atoms with E-state index in [4.69, 9.17) is 13.8 Å². The molecule has 0 saturated carbocycles. The maximum Gasteiger partial charge on any atom is 0.326 e. The number of ether oxygens (including phenoxy) is 1. The van der Waals surface area contributed by atoms with E-state index in [1.807, 2.05) is 39.0 Å². The molecule has 1 N–H and O–H groups in total. The van der Waals surface area contributed by atoms with Gasteiger partial charge >= 0.3 is 5.69 Å². The molecular formula is C21H19N5O4. The summed E-state index contributed by atoms with van der Waals surface area (Å²) < 4.78 is 17.8. The first-order valence-corrected chi connectivity index (χ1v) is 9.41. The normalized spacial score (nSPS) is 11.6. The van der Waals surface area contributed by atoms with Crippen molar-refractivity contribution in [1.82, 2.24) is 24.8 Å². The Hall–Kier alpha value is -3.88. The highest BCUT2D eigenvalue weighted by Crippen LogP contribution is 2.38. The molecule has 0 aliphatic rings. The van der Waals surface area contributed by atoms with E-state index in [1.54, 1.807) is 17.9 Å². The third-order valence-electron chi connectivity index (χ3n) is 5.22. The lowest BCUT2D eigenvalue weighted by Crippen LogP contribution is -2.17. The van der Waals surface area contributed by atoms with Crippen LogP contribution >= 0.6 is 0 Å². The van der Waals surface area contributed by atoms with E-state index in [0.717, 1.165) is 33.2 Å². The maximum absolute atomic E-state index is 12.7. The van der Waals surface area contributed by atoms with Crippen LogP contribution in [0.1, 0.15) is 22.9 Å². The van der Waals surface area contributed by atoms with Crippen LogP contribution in [0.4, 0.5) is 0 Å². The van der Waals surface area contributed by atoms with Gasteiger partial charge in [0.15, 0.2) is 0 Å². The molecule has 4 heterocycles. The average molecular weight is 405 g/mol. The van der Waals surface area contributed by atoms with Gasteiger partial charge in [-0.25, -0.2) is 4.79 Å². The summed E-state index contributed by atoms with van der Waals surface area (Å²) in [5.41, 5.74) is 5.00. The van der Waals surface area contributed by atoms with Gasteiger partial charge in [-0.3, -0.25) is 9.55 Å². The highest BCUT2D eigenvalue weighted by Gasteiger charge is 2.20. The molecule has 0 saturated heterocycles. The van der Waals surface area contributed by atoms with Crippen LogP contribution in [0.5, 0.6) is 5.75 Å². The van der Waals surface area contributed by atoms with Crippen molar-refractivity contribution < 1.29 is 13.8 Å². The SMILES string of the molecule is COc1cc2c(cc1-c1c(C)noc1C)ncc1[nH]c(=O)n(Cc3cc(C)on3)c12. The minimum Gasteiger partial charge on any atom is -0.496 e. The molecule has 0 aliphatic carbocycles. The Bertz CT molecular complexity index is 1450. The van der Waals surface area contributed by atoms with E-state index in [0.29, 0.717) is 28.5 Å². The molecule has 0 aliphatic heterocycles. The summed E-state index contributed by atoms with van der Waals surface area (Å²) in [6, 6.07) is 5.64. The smallest absolute Gasteiger partial charge is 0.326 e. The van der Waals surface area contributed by atoms with Crippen LogP contribution in [-0.4, -0.2) is 32.0 Å². The lowest BCUT2D eigenvalue weighted by atomic mass is 10.0. The number of imidazole rings is 1. The number of methoxy groups -OCH3 is 1. The summed E-state index contributed by atoms with van der Waals surface area (Å²) in [5, 5.41) is 8.85. The molecule has 152 valence electrons. The van der Waals surface area contributed by atoms with Crippen molar-refractivity contribution in [3.63, 3.8) is 0 Å². The van der Waals surface area contributed by atoms with Gasteiger partial charge in [0.25, 0.3) is 0 Å². The Kier molecular flexibility index (Phi) is 3.99. The second-order valence-corrected chi connectivity index (χ2v) is 7.23. The van der Waals surface area contributed by atoms with Gasteiger partial charge < -0.3 is 18.8 Å². The molecule has 0 spiro atoms. The van der Waals surface area contributed by atoms with Crippen LogP contribution < -0.4 is 10.4 Å². The predicted molar refractivity (Wildman–Crippen MR) is 110 cm³/mol. The van der Waals surface area contributed by atoms with Crippen LogP contribution in [-0.2, 0) is 6.54 Å². The number of pyridine rings is 1. The van der Waals surface area contributed by atoms with Crippen LogP contribution in [0.25, 0.3) is 33.1 Å². The highest BCUT2D eigenvalue weighted by molar-refractivity contribution is 6.04. The Morgan fingerprint density at radius 1 is 1.13 bits per heavy atom. The van der Waals surface area contributed by atoms with E-state index in [-0.39, 0.29) is 12.2 Å². The van der Waals surface area contributed by atoms with Gasteiger partial charge in [-0.15, -0.1) is 0 Å². The van der Waals surface area contributed by atoms with Crippen LogP contribution in [0.2, 0.25) is 0 Å². The maximum atomic E-state index is 12.7. The molecule has 0 radical (unpaired) electrons. The number of hydrogen-bond donors (Lipinski definition) is 1. The molecule has 30 heavy (non-hydrogen) atoms. The summed E-state index contributed by atoms with van der Waals surface area (Å²) in [5.74, 6) is 2.03. The summed E-state index contributed by atoms with van der Waals surface area (Å²) >= 11 is 0. The quantitative estimate of drug-likeness (QED) is 0.487. The fraction of sp³-hybridized carbons (Fsp3) is 0.238. The fourth-order valence-electron chi connectivity index (χ4n) is 3.91. The van der Waals surface area contributed by atoms with E-state index in [2.05, 4.69) is 20.3 Å². The van der Waals surface area contributed by atoms with Gasteiger partial charge in [0.05, 0.1) is 47.7 Å². The van der Waals surface area contributed by atoms with Gasteiger partial charge in [-0.05, 0) is 32.9 Å². The number of H-pyrrole nitrogens is 1. The molecular weight excluding hydrogens is 386 g/mol. The summed E-state index contributed by atoms with van der Waals surface area (Å²) in [7, 11) is 1.61. The van der Waals surface area contributed by atoms with Gasteiger partial charge in [0.1, 0.15) is 23.0 Å². The van der Waals surface area contributed by atoms with Crippen molar-refractivity contribution in [3.05, 3.63) is 57.8 Å². The largest absolute Gasteiger partial charge is 0.496 e. The minimum atomic E-state index is -0.242. The van der Waals surface area contributed by atoms with Crippen molar-refractivity contribution in [2.24, 2.45) is 0 Å². The summed E-state index contributed by atoms with van der Waals surface area (Å²) in [6.07, 6.45) is 1.66. The number of fused-ring (bicyclic) bond motifs is 3. The first-order chi connectivity index (χ1) is 14.5. The lowest BCUT2D eigenvalue weighted by molar-refractivity contribution is 0.389. The second-order valence-electron chi connectivity index (χ2n) is 7.23. The van der Waals surface area contributed by atoms with Crippen molar-refractivity contribution in [2.75, 3.05) is 7.11 Å². The van der Waals surface area contributed by atoms with E-state index >= 15 is 0 Å². The lowest BCUT2D eigenvalue weighted by Gasteiger charge is -2.11. The molecule has 9 nitrogen and oxygen atoms in total. The molecule has 9 heteroatoms. The summed E-state index contributed by atoms with van der Waals surface area (Å²) in [4.78, 5) is 20.1. The number of aromatic nitrogens is 5. The standard InChI is InChI=1S/C21H19N5O4/c1-10-5-13(25-29-10)9-26-20-14-7-18(28-4)15(19-11(2)24-30-12(19)3)6-16(14)22-8-17(20)23-21(26)27/h5-8H,9H2,1-4H3,(H,23,27). The van der Waals surface area contributed by atoms with Crippen LogP contribution in [0, 0.1) is 20.8 Å². The third kappa shape index (κ3) is 2.70. The Morgan fingerprint density at radius 2 is 1.97 bits per heavy atom. The zero-order valence-electron chi connectivity index (χ0n) is 16.9. The molecule has 5 aromatic rings. The molecule has 1 aromatic carbocycles. The van der Waals surface area contributed by atoms with Crippen molar-refractivity contribution in [2.45, 2.75) is 27.3 Å².